The molecule has 0 spiro atoms. The van der Waals surface area contributed by atoms with Gasteiger partial charge in [0.05, 0.1) is 25.3 Å². The van der Waals surface area contributed by atoms with Crippen molar-refractivity contribution in [1.82, 2.24) is 4.90 Å². The second-order valence-electron chi connectivity index (χ2n) is 6.95. The highest BCUT2D eigenvalue weighted by Crippen LogP contribution is 2.35. The minimum Gasteiger partial charge on any atom is -0.495 e. The standard InChI is InChI=1S/C21H22N2O3/c1-14-7-8-19(26-2)17(11-14)23-20(24)12-18(21(23)25)22-10-9-15-5-3-4-6-16(15)13-22/h3-8,11,18H,9-10,12-13H2,1-2H3. The Morgan fingerprint density at radius 1 is 1.08 bits per heavy atom. The normalized spacial score (nSPS) is 20.4. The lowest BCUT2D eigenvalue weighted by Gasteiger charge is -2.32. The number of ether oxygens (including phenoxy) is 1. The molecule has 5 heteroatoms. The van der Waals surface area contributed by atoms with Gasteiger partial charge in [0.25, 0.3) is 5.91 Å². The smallest absolute Gasteiger partial charge is 0.251 e. The summed E-state index contributed by atoms with van der Waals surface area (Å²) in [6.45, 7) is 3.44. The summed E-state index contributed by atoms with van der Waals surface area (Å²) in [6.07, 6.45) is 1.13. The minimum absolute atomic E-state index is 0.154. The fourth-order valence-corrected chi connectivity index (χ4v) is 3.91. The Morgan fingerprint density at radius 3 is 2.62 bits per heavy atom. The number of imide groups is 1. The number of aryl methyl sites for hydroxylation is 1. The SMILES string of the molecule is COc1ccc(C)cc1N1C(=O)CC(N2CCc3ccccc3C2)C1=O. The zero-order valence-electron chi connectivity index (χ0n) is 15.1. The molecule has 4 rings (SSSR count). The van der Waals surface area contributed by atoms with Gasteiger partial charge in [-0.15, -0.1) is 0 Å². The molecule has 1 saturated heterocycles. The van der Waals surface area contributed by atoms with Crippen molar-refractivity contribution in [3.05, 3.63) is 59.2 Å². The third kappa shape index (κ3) is 2.78. The van der Waals surface area contributed by atoms with Crippen LogP contribution in [0.1, 0.15) is 23.1 Å². The van der Waals surface area contributed by atoms with Gasteiger partial charge < -0.3 is 4.74 Å². The van der Waals surface area contributed by atoms with E-state index >= 15 is 0 Å². The first-order chi connectivity index (χ1) is 12.6. The summed E-state index contributed by atoms with van der Waals surface area (Å²) in [5.41, 5.74) is 4.10. The number of fused-ring (bicyclic) bond motifs is 1. The molecule has 2 heterocycles. The summed E-state index contributed by atoms with van der Waals surface area (Å²) in [6, 6.07) is 13.5. The average Bonchev–Trinajstić information content (AvgIpc) is 2.95. The van der Waals surface area contributed by atoms with Crippen LogP contribution in [0.5, 0.6) is 5.75 Å². The largest absolute Gasteiger partial charge is 0.495 e. The molecule has 0 bridgehead atoms. The Hall–Kier alpha value is -2.66. The molecule has 0 aliphatic carbocycles. The molecule has 0 aromatic heterocycles. The van der Waals surface area contributed by atoms with E-state index in [0.29, 0.717) is 18.0 Å². The third-order valence-electron chi connectivity index (χ3n) is 5.30. The molecule has 5 nitrogen and oxygen atoms in total. The lowest BCUT2D eigenvalue weighted by Crippen LogP contribution is -2.44. The van der Waals surface area contributed by atoms with E-state index in [0.717, 1.165) is 18.5 Å². The van der Waals surface area contributed by atoms with E-state index in [1.54, 1.807) is 13.2 Å². The molecule has 134 valence electrons. The molecule has 1 fully saturated rings. The fraction of sp³-hybridized carbons (Fsp3) is 0.333. The summed E-state index contributed by atoms with van der Waals surface area (Å²) in [5, 5.41) is 0. The van der Waals surface area contributed by atoms with Gasteiger partial charge in [-0.05, 0) is 42.2 Å². The van der Waals surface area contributed by atoms with Crippen molar-refractivity contribution >= 4 is 17.5 Å². The Balaban J connectivity index is 1.62. The van der Waals surface area contributed by atoms with Crippen LogP contribution in [-0.2, 0) is 22.6 Å². The highest BCUT2D eigenvalue weighted by atomic mass is 16.5. The molecule has 2 amide bonds. The molecule has 0 N–H and O–H groups in total. The average molecular weight is 350 g/mol. The summed E-state index contributed by atoms with van der Waals surface area (Å²) >= 11 is 0. The van der Waals surface area contributed by atoms with Crippen LogP contribution in [-0.4, -0.2) is 36.4 Å². The summed E-state index contributed by atoms with van der Waals surface area (Å²) < 4.78 is 5.38. The summed E-state index contributed by atoms with van der Waals surface area (Å²) in [5.74, 6) is 0.225. The predicted molar refractivity (Wildman–Crippen MR) is 99.2 cm³/mol. The van der Waals surface area contributed by atoms with Crippen LogP contribution < -0.4 is 9.64 Å². The first-order valence-electron chi connectivity index (χ1n) is 8.91. The van der Waals surface area contributed by atoms with Crippen molar-refractivity contribution in [2.75, 3.05) is 18.6 Å². The van der Waals surface area contributed by atoms with Gasteiger partial charge in [-0.1, -0.05) is 30.3 Å². The van der Waals surface area contributed by atoms with E-state index in [4.69, 9.17) is 4.74 Å². The molecular formula is C21H22N2O3. The maximum atomic E-state index is 13.1. The topological polar surface area (TPSA) is 49.9 Å². The number of nitrogens with zero attached hydrogens (tertiary/aromatic N) is 2. The highest BCUT2D eigenvalue weighted by Gasteiger charge is 2.44. The van der Waals surface area contributed by atoms with Gasteiger partial charge in [0, 0.05) is 13.1 Å². The monoisotopic (exact) mass is 350 g/mol. The fourth-order valence-electron chi connectivity index (χ4n) is 3.91. The number of carbonyl (C=O) groups is 2. The van der Waals surface area contributed by atoms with Gasteiger partial charge in [0.1, 0.15) is 5.75 Å². The zero-order valence-corrected chi connectivity index (χ0v) is 15.1. The molecule has 26 heavy (non-hydrogen) atoms. The number of benzene rings is 2. The van der Waals surface area contributed by atoms with Crippen molar-refractivity contribution in [1.29, 1.82) is 0 Å². The van der Waals surface area contributed by atoms with Crippen molar-refractivity contribution in [3.8, 4) is 5.75 Å². The van der Waals surface area contributed by atoms with Crippen LogP contribution in [0, 0.1) is 6.92 Å². The maximum absolute atomic E-state index is 13.1. The van der Waals surface area contributed by atoms with E-state index in [9.17, 15) is 9.59 Å². The summed E-state index contributed by atoms with van der Waals surface area (Å²) in [4.78, 5) is 29.2. The number of hydrogen-bond donors (Lipinski definition) is 0. The van der Waals surface area contributed by atoms with Crippen LogP contribution in [0.4, 0.5) is 5.69 Å². The van der Waals surface area contributed by atoms with E-state index in [1.807, 2.05) is 31.2 Å². The number of methoxy groups -OCH3 is 1. The van der Waals surface area contributed by atoms with Crippen molar-refractivity contribution < 1.29 is 14.3 Å². The number of carbonyl (C=O) groups excluding carboxylic acids is 2. The second-order valence-corrected chi connectivity index (χ2v) is 6.95. The van der Waals surface area contributed by atoms with E-state index in [-0.39, 0.29) is 18.2 Å². The zero-order chi connectivity index (χ0) is 18.3. The number of anilines is 1. The van der Waals surface area contributed by atoms with Gasteiger partial charge in [-0.3, -0.25) is 14.5 Å². The van der Waals surface area contributed by atoms with Gasteiger partial charge in [0.15, 0.2) is 0 Å². The van der Waals surface area contributed by atoms with Crippen LogP contribution in [0.3, 0.4) is 0 Å². The Labute approximate surface area is 153 Å². The van der Waals surface area contributed by atoms with Crippen molar-refractivity contribution in [2.45, 2.75) is 32.4 Å². The molecule has 2 aromatic rings. The van der Waals surface area contributed by atoms with Crippen LogP contribution >= 0.6 is 0 Å². The molecule has 0 radical (unpaired) electrons. The number of hydrogen-bond acceptors (Lipinski definition) is 4. The third-order valence-corrected chi connectivity index (χ3v) is 5.30. The molecule has 1 atom stereocenters. The van der Waals surface area contributed by atoms with Gasteiger partial charge in [-0.25, -0.2) is 4.90 Å². The molecule has 2 aliphatic heterocycles. The quantitative estimate of drug-likeness (QED) is 0.799. The first kappa shape index (κ1) is 16.8. The van der Waals surface area contributed by atoms with Gasteiger partial charge >= 0.3 is 0 Å². The lowest BCUT2D eigenvalue weighted by molar-refractivity contribution is -0.123. The summed E-state index contributed by atoms with van der Waals surface area (Å²) in [7, 11) is 1.55. The second kappa shape index (κ2) is 6.57. The van der Waals surface area contributed by atoms with Crippen LogP contribution in [0.25, 0.3) is 0 Å². The van der Waals surface area contributed by atoms with Gasteiger partial charge in [0.2, 0.25) is 5.91 Å². The number of rotatable bonds is 3. The van der Waals surface area contributed by atoms with E-state index in [2.05, 4.69) is 17.0 Å². The van der Waals surface area contributed by atoms with Crippen molar-refractivity contribution in [3.63, 3.8) is 0 Å². The van der Waals surface area contributed by atoms with Gasteiger partial charge in [-0.2, -0.15) is 0 Å². The highest BCUT2D eigenvalue weighted by molar-refractivity contribution is 6.23. The molecular weight excluding hydrogens is 328 g/mol. The molecule has 2 aromatic carbocycles. The Bertz CT molecular complexity index is 877. The number of amides is 2. The molecule has 2 aliphatic rings. The van der Waals surface area contributed by atoms with Crippen LogP contribution in [0.15, 0.2) is 42.5 Å². The Kier molecular flexibility index (Phi) is 4.24. The molecule has 0 saturated carbocycles. The minimum atomic E-state index is -0.402. The maximum Gasteiger partial charge on any atom is 0.251 e. The van der Waals surface area contributed by atoms with E-state index < -0.39 is 6.04 Å². The molecule has 1 unspecified atom stereocenters. The predicted octanol–water partition coefficient (Wildman–Crippen LogP) is 2.69. The lowest BCUT2D eigenvalue weighted by atomic mass is 9.98. The first-order valence-corrected chi connectivity index (χ1v) is 8.91. The Morgan fingerprint density at radius 2 is 1.85 bits per heavy atom. The van der Waals surface area contributed by atoms with E-state index in [1.165, 1.54) is 16.0 Å². The van der Waals surface area contributed by atoms with Crippen LogP contribution in [0.2, 0.25) is 0 Å². The van der Waals surface area contributed by atoms with Crippen molar-refractivity contribution in [2.24, 2.45) is 0 Å².